The second-order valence-corrected chi connectivity index (χ2v) is 6.97. The van der Waals surface area contributed by atoms with E-state index in [-0.39, 0.29) is 0 Å². The van der Waals surface area contributed by atoms with Crippen LogP contribution in [0.5, 0.6) is 0 Å². The van der Waals surface area contributed by atoms with Crippen molar-refractivity contribution in [1.82, 2.24) is 19.8 Å². The van der Waals surface area contributed by atoms with Gasteiger partial charge in [0.2, 0.25) is 4.77 Å². The van der Waals surface area contributed by atoms with E-state index in [4.69, 9.17) is 12.2 Å². The first-order valence-electron chi connectivity index (χ1n) is 8.55. The lowest BCUT2D eigenvalue weighted by molar-refractivity contribution is -0.953. The van der Waals surface area contributed by atoms with Crippen molar-refractivity contribution in [2.24, 2.45) is 0 Å². The molecule has 1 aromatic heterocycles. The first-order chi connectivity index (χ1) is 11.1. The lowest BCUT2D eigenvalue weighted by Crippen LogP contribution is -3.15. The quantitative estimate of drug-likeness (QED) is 0.873. The van der Waals surface area contributed by atoms with E-state index in [1.165, 1.54) is 43.4 Å². The summed E-state index contributed by atoms with van der Waals surface area (Å²) < 4.78 is 4.33. The van der Waals surface area contributed by atoms with Gasteiger partial charge in [0.15, 0.2) is 6.67 Å². The van der Waals surface area contributed by atoms with Gasteiger partial charge in [0, 0.05) is 0 Å². The number of hydrogen-bond acceptors (Lipinski definition) is 3. The fraction of sp³-hybridized carbons (Fsp3) is 0.588. The number of nitrogens with one attached hydrogen (secondary N) is 1. The van der Waals surface area contributed by atoms with Gasteiger partial charge in [-0.3, -0.25) is 0 Å². The van der Waals surface area contributed by atoms with Gasteiger partial charge in [0.25, 0.3) is 0 Å². The molecule has 0 radical (unpaired) electrons. The Balaban J connectivity index is 1.84. The summed E-state index contributed by atoms with van der Waals surface area (Å²) in [5, 5.41) is 8.60. The molecule has 2 heterocycles. The Bertz CT molecular complexity index is 733. The SMILES string of the molecule is CC[C@H]1CCCC[NH+]1Cn1nnn(-c2ccc(C)c(C)c2)c1=S. The second-order valence-electron chi connectivity index (χ2n) is 6.61. The zero-order chi connectivity index (χ0) is 16.4. The molecule has 0 saturated carbocycles. The van der Waals surface area contributed by atoms with E-state index in [1.807, 2.05) is 4.68 Å². The molecule has 0 bridgehead atoms. The minimum Gasteiger partial charge on any atom is -0.314 e. The third-order valence-electron chi connectivity index (χ3n) is 5.10. The third kappa shape index (κ3) is 3.38. The highest BCUT2D eigenvalue weighted by Gasteiger charge is 2.25. The molecule has 1 N–H and O–H groups in total. The molecule has 1 aliphatic rings. The number of hydrogen-bond donors (Lipinski definition) is 1. The van der Waals surface area contributed by atoms with E-state index >= 15 is 0 Å². The highest BCUT2D eigenvalue weighted by molar-refractivity contribution is 7.71. The Morgan fingerprint density at radius 1 is 1.22 bits per heavy atom. The number of piperidine rings is 1. The van der Waals surface area contributed by atoms with Crippen LogP contribution >= 0.6 is 12.2 Å². The minimum atomic E-state index is 0.682. The molecule has 0 aliphatic carbocycles. The standard InChI is InChI=1S/C17H25N5S/c1-4-15-7-5-6-10-20(15)12-21-17(23)22(19-18-21)16-9-8-13(2)14(3)11-16/h8-9,11,15H,4-7,10,12H2,1-3H3/p+1/t15-/m0/s1. The molecule has 5 nitrogen and oxygen atoms in total. The summed E-state index contributed by atoms with van der Waals surface area (Å²) in [5.41, 5.74) is 3.51. The molecule has 2 atom stereocenters. The summed E-state index contributed by atoms with van der Waals surface area (Å²) in [6.45, 7) is 8.52. The highest BCUT2D eigenvalue weighted by atomic mass is 32.1. The van der Waals surface area contributed by atoms with Crippen molar-refractivity contribution >= 4 is 12.2 Å². The fourth-order valence-corrected chi connectivity index (χ4v) is 3.68. The van der Waals surface area contributed by atoms with Crippen LogP contribution in [0.1, 0.15) is 43.7 Å². The molecule has 3 rings (SSSR count). The van der Waals surface area contributed by atoms with Crippen LogP contribution in [0, 0.1) is 18.6 Å². The van der Waals surface area contributed by atoms with Gasteiger partial charge in [-0.1, -0.05) is 13.0 Å². The van der Waals surface area contributed by atoms with E-state index in [2.05, 4.69) is 49.4 Å². The summed E-state index contributed by atoms with van der Waals surface area (Å²) in [4.78, 5) is 1.59. The van der Waals surface area contributed by atoms with Crippen LogP contribution in [0.15, 0.2) is 18.2 Å². The van der Waals surface area contributed by atoms with Crippen LogP contribution in [0.4, 0.5) is 0 Å². The van der Waals surface area contributed by atoms with E-state index in [0.29, 0.717) is 4.77 Å². The maximum absolute atomic E-state index is 5.61. The van der Waals surface area contributed by atoms with Gasteiger partial charge in [0.1, 0.15) is 0 Å². The zero-order valence-electron chi connectivity index (χ0n) is 14.2. The van der Waals surface area contributed by atoms with Crippen molar-refractivity contribution in [3.63, 3.8) is 0 Å². The van der Waals surface area contributed by atoms with Gasteiger partial charge in [-0.05, 0) is 85.4 Å². The molecule has 124 valence electrons. The van der Waals surface area contributed by atoms with Crippen molar-refractivity contribution < 1.29 is 4.90 Å². The molecule has 1 unspecified atom stereocenters. The van der Waals surface area contributed by atoms with Crippen molar-refractivity contribution in [2.75, 3.05) is 6.54 Å². The van der Waals surface area contributed by atoms with Crippen LogP contribution in [0.25, 0.3) is 5.69 Å². The molecule has 1 fully saturated rings. The maximum Gasteiger partial charge on any atom is 0.225 e. The number of aromatic nitrogens is 4. The summed E-state index contributed by atoms with van der Waals surface area (Å²) in [6.07, 6.45) is 5.17. The Morgan fingerprint density at radius 3 is 2.78 bits per heavy atom. The second kappa shape index (κ2) is 6.93. The summed E-state index contributed by atoms with van der Waals surface area (Å²) >= 11 is 5.61. The normalized spacial score (nSPS) is 21.5. The molecule has 6 heteroatoms. The van der Waals surface area contributed by atoms with Crippen molar-refractivity contribution in [1.29, 1.82) is 0 Å². The minimum absolute atomic E-state index is 0.682. The predicted molar refractivity (Wildman–Crippen MR) is 93.4 cm³/mol. The summed E-state index contributed by atoms with van der Waals surface area (Å²) in [6, 6.07) is 7.00. The molecule has 0 amide bonds. The Kier molecular flexibility index (Phi) is 4.92. The Labute approximate surface area is 142 Å². The monoisotopic (exact) mass is 332 g/mol. The largest absolute Gasteiger partial charge is 0.314 e. The molecule has 2 aromatic rings. The maximum atomic E-state index is 5.61. The highest BCUT2D eigenvalue weighted by Crippen LogP contribution is 2.13. The number of nitrogens with zero attached hydrogens (tertiary/aromatic N) is 4. The third-order valence-corrected chi connectivity index (χ3v) is 5.48. The molecule has 23 heavy (non-hydrogen) atoms. The van der Waals surface area contributed by atoms with E-state index in [0.717, 1.165) is 18.4 Å². The molecule has 1 aromatic carbocycles. The van der Waals surface area contributed by atoms with Gasteiger partial charge in [-0.2, -0.15) is 9.36 Å². The first kappa shape index (κ1) is 16.3. The van der Waals surface area contributed by atoms with Gasteiger partial charge in [0.05, 0.1) is 18.3 Å². The zero-order valence-corrected chi connectivity index (χ0v) is 15.1. The molecule has 1 aliphatic heterocycles. The fourth-order valence-electron chi connectivity index (χ4n) is 3.44. The van der Waals surface area contributed by atoms with Gasteiger partial charge < -0.3 is 4.90 Å². The van der Waals surface area contributed by atoms with E-state index < -0.39 is 0 Å². The van der Waals surface area contributed by atoms with Gasteiger partial charge >= 0.3 is 0 Å². The topological polar surface area (TPSA) is 40.1 Å². The number of aryl methyl sites for hydroxylation is 2. The number of quaternary nitrogens is 1. The molecular formula is C17H26N5S+. The van der Waals surface area contributed by atoms with Crippen LogP contribution in [0.2, 0.25) is 0 Å². The van der Waals surface area contributed by atoms with Gasteiger partial charge in [-0.25, -0.2) is 0 Å². The van der Waals surface area contributed by atoms with Crippen molar-refractivity contribution in [3.05, 3.63) is 34.1 Å². The first-order valence-corrected chi connectivity index (χ1v) is 8.96. The van der Waals surface area contributed by atoms with Crippen molar-refractivity contribution in [3.8, 4) is 5.69 Å². The van der Waals surface area contributed by atoms with Crippen LogP contribution in [-0.2, 0) is 6.67 Å². The van der Waals surface area contributed by atoms with Gasteiger partial charge in [-0.15, -0.1) is 0 Å². The molecule has 0 spiro atoms. The molecular weight excluding hydrogens is 306 g/mol. The number of tetrazole rings is 1. The lowest BCUT2D eigenvalue weighted by atomic mass is 10.0. The van der Waals surface area contributed by atoms with Crippen LogP contribution < -0.4 is 4.90 Å². The van der Waals surface area contributed by atoms with Crippen LogP contribution in [0.3, 0.4) is 0 Å². The average molecular weight is 332 g/mol. The van der Waals surface area contributed by atoms with E-state index in [1.54, 1.807) is 9.58 Å². The van der Waals surface area contributed by atoms with Crippen molar-refractivity contribution in [2.45, 2.75) is 59.2 Å². The lowest BCUT2D eigenvalue weighted by Gasteiger charge is -2.31. The average Bonchev–Trinajstić information content (AvgIpc) is 2.92. The Morgan fingerprint density at radius 2 is 2.04 bits per heavy atom. The Hall–Kier alpha value is -1.53. The predicted octanol–water partition coefficient (Wildman–Crippen LogP) is 2.22. The summed E-state index contributed by atoms with van der Waals surface area (Å²) in [7, 11) is 0. The number of benzene rings is 1. The number of rotatable bonds is 4. The van der Waals surface area contributed by atoms with Crippen LogP contribution in [-0.4, -0.2) is 32.4 Å². The summed E-state index contributed by atoms with van der Waals surface area (Å²) in [5.74, 6) is 0. The smallest absolute Gasteiger partial charge is 0.225 e. The number of likely N-dealkylation sites (tertiary alicyclic amines) is 1. The van der Waals surface area contributed by atoms with E-state index in [9.17, 15) is 0 Å². The molecule has 1 saturated heterocycles.